The molecule has 21 heavy (non-hydrogen) atoms. The summed E-state index contributed by atoms with van der Waals surface area (Å²) in [5, 5.41) is 2.74. The summed E-state index contributed by atoms with van der Waals surface area (Å²) in [6.45, 7) is 1.80. The van der Waals surface area contributed by atoms with Crippen molar-refractivity contribution in [3.05, 3.63) is 35.6 Å². The van der Waals surface area contributed by atoms with Gasteiger partial charge in [-0.3, -0.25) is 4.79 Å². The van der Waals surface area contributed by atoms with Crippen molar-refractivity contribution in [2.75, 3.05) is 7.11 Å². The average molecular weight is 293 g/mol. The fourth-order valence-corrected chi connectivity index (χ4v) is 2.73. The number of hydrogen-bond donors (Lipinski definition) is 1. The van der Waals surface area contributed by atoms with Gasteiger partial charge in [-0.1, -0.05) is 25.5 Å². The second-order valence-electron chi connectivity index (χ2n) is 5.40. The van der Waals surface area contributed by atoms with Gasteiger partial charge in [-0.15, -0.1) is 0 Å². The van der Waals surface area contributed by atoms with Gasteiger partial charge in [-0.25, -0.2) is 9.18 Å². The number of halogens is 1. The molecule has 0 spiro atoms. The highest BCUT2D eigenvalue weighted by atomic mass is 19.1. The van der Waals surface area contributed by atoms with Gasteiger partial charge in [0.15, 0.2) is 0 Å². The standard InChI is InChI=1S/C16H20FNO3/c1-3-13(14(19)21-2)18-15(20)16(8-5-9-16)11-6-4-7-12(17)10-11/h4,6-7,10,13H,3,5,8-9H2,1-2H3,(H,18,20)/t13-/m0/s1. The molecule has 0 unspecified atom stereocenters. The number of carbonyl (C=O) groups excluding carboxylic acids is 2. The molecule has 0 aliphatic heterocycles. The second-order valence-corrected chi connectivity index (χ2v) is 5.40. The van der Waals surface area contributed by atoms with E-state index < -0.39 is 17.4 Å². The van der Waals surface area contributed by atoms with Crippen molar-refractivity contribution in [1.82, 2.24) is 5.32 Å². The molecule has 114 valence electrons. The maximum absolute atomic E-state index is 13.4. The fraction of sp³-hybridized carbons (Fsp3) is 0.500. The molecule has 1 fully saturated rings. The molecule has 5 heteroatoms. The first-order valence-corrected chi connectivity index (χ1v) is 7.18. The topological polar surface area (TPSA) is 55.4 Å². The van der Waals surface area contributed by atoms with Gasteiger partial charge < -0.3 is 10.1 Å². The summed E-state index contributed by atoms with van der Waals surface area (Å²) in [6, 6.07) is 5.47. The normalized spacial score (nSPS) is 17.5. The van der Waals surface area contributed by atoms with E-state index in [0.717, 1.165) is 6.42 Å². The van der Waals surface area contributed by atoms with E-state index in [9.17, 15) is 14.0 Å². The van der Waals surface area contributed by atoms with Crippen molar-refractivity contribution in [1.29, 1.82) is 0 Å². The molecule has 1 N–H and O–H groups in total. The third kappa shape index (κ3) is 2.91. The van der Waals surface area contributed by atoms with Gasteiger partial charge in [-0.2, -0.15) is 0 Å². The molecule has 0 aromatic heterocycles. The highest BCUT2D eigenvalue weighted by Crippen LogP contribution is 2.44. The molecule has 0 radical (unpaired) electrons. The molecule has 1 amide bonds. The molecule has 1 aliphatic carbocycles. The van der Waals surface area contributed by atoms with Crippen molar-refractivity contribution in [3.63, 3.8) is 0 Å². The summed E-state index contributed by atoms with van der Waals surface area (Å²) >= 11 is 0. The third-order valence-electron chi connectivity index (χ3n) is 4.22. The number of rotatable bonds is 5. The molecule has 1 aromatic rings. The Hall–Kier alpha value is -1.91. The van der Waals surface area contributed by atoms with Crippen LogP contribution in [0.5, 0.6) is 0 Å². The summed E-state index contributed by atoms with van der Waals surface area (Å²) in [6.07, 6.45) is 2.70. The molecule has 0 bridgehead atoms. The second kappa shape index (κ2) is 6.24. The summed E-state index contributed by atoms with van der Waals surface area (Å²) in [4.78, 5) is 24.2. The van der Waals surface area contributed by atoms with Gasteiger partial charge in [0.05, 0.1) is 12.5 Å². The van der Waals surface area contributed by atoms with Gasteiger partial charge in [0, 0.05) is 0 Å². The van der Waals surface area contributed by atoms with Gasteiger partial charge in [-0.05, 0) is 37.0 Å². The fourth-order valence-electron chi connectivity index (χ4n) is 2.73. The van der Waals surface area contributed by atoms with E-state index in [2.05, 4.69) is 10.1 Å². The summed E-state index contributed by atoms with van der Waals surface area (Å²) in [7, 11) is 1.29. The van der Waals surface area contributed by atoms with E-state index in [1.807, 2.05) is 0 Å². The number of carbonyl (C=O) groups is 2. The van der Waals surface area contributed by atoms with Crippen molar-refractivity contribution in [3.8, 4) is 0 Å². The number of methoxy groups -OCH3 is 1. The van der Waals surface area contributed by atoms with Crippen molar-refractivity contribution >= 4 is 11.9 Å². The minimum absolute atomic E-state index is 0.225. The number of hydrogen-bond acceptors (Lipinski definition) is 3. The van der Waals surface area contributed by atoms with Crippen LogP contribution in [0.3, 0.4) is 0 Å². The lowest BCUT2D eigenvalue weighted by atomic mass is 9.63. The van der Waals surface area contributed by atoms with E-state index in [0.29, 0.717) is 24.8 Å². The maximum atomic E-state index is 13.4. The molecule has 0 saturated heterocycles. The number of esters is 1. The summed E-state index contributed by atoms with van der Waals surface area (Å²) in [5.74, 6) is -1.04. The molecule has 4 nitrogen and oxygen atoms in total. The molecule has 1 atom stereocenters. The predicted octanol–water partition coefficient (Wildman–Crippen LogP) is 2.32. The Morgan fingerprint density at radius 1 is 1.43 bits per heavy atom. The lowest BCUT2D eigenvalue weighted by Gasteiger charge is -2.41. The zero-order valence-electron chi connectivity index (χ0n) is 12.3. The van der Waals surface area contributed by atoms with E-state index in [1.165, 1.54) is 19.2 Å². The first-order valence-electron chi connectivity index (χ1n) is 7.18. The SMILES string of the molecule is CC[C@H](NC(=O)C1(c2cccc(F)c2)CCC1)C(=O)OC. The van der Waals surface area contributed by atoms with Crippen LogP contribution in [0.2, 0.25) is 0 Å². The number of ether oxygens (including phenoxy) is 1. The minimum Gasteiger partial charge on any atom is -0.467 e. The Morgan fingerprint density at radius 2 is 2.14 bits per heavy atom. The van der Waals surface area contributed by atoms with E-state index in [1.54, 1.807) is 19.1 Å². The lowest BCUT2D eigenvalue weighted by Crippen LogP contribution is -2.53. The van der Waals surface area contributed by atoms with Crippen molar-refractivity contribution in [2.45, 2.75) is 44.1 Å². The number of benzene rings is 1. The molecular weight excluding hydrogens is 273 g/mol. The van der Waals surface area contributed by atoms with Crippen LogP contribution in [-0.4, -0.2) is 25.0 Å². The Labute approximate surface area is 123 Å². The average Bonchev–Trinajstić information content (AvgIpc) is 2.43. The molecule has 2 rings (SSSR count). The van der Waals surface area contributed by atoms with E-state index in [4.69, 9.17) is 0 Å². The smallest absolute Gasteiger partial charge is 0.328 e. The van der Waals surface area contributed by atoms with Crippen LogP contribution in [0, 0.1) is 5.82 Å². The van der Waals surface area contributed by atoms with Gasteiger partial charge >= 0.3 is 5.97 Å². The minimum atomic E-state index is -0.719. The molecular formula is C16H20FNO3. The molecule has 1 aromatic carbocycles. The predicted molar refractivity (Wildman–Crippen MR) is 76.2 cm³/mol. The Balaban J connectivity index is 2.20. The highest BCUT2D eigenvalue weighted by Gasteiger charge is 2.46. The number of nitrogens with one attached hydrogen (secondary N) is 1. The first kappa shape index (κ1) is 15.5. The van der Waals surface area contributed by atoms with Crippen LogP contribution in [0.25, 0.3) is 0 Å². The van der Waals surface area contributed by atoms with Crippen molar-refractivity contribution < 1.29 is 18.7 Å². The zero-order valence-corrected chi connectivity index (χ0v) is 12.3. The molecule has 1 aliphatic rings. The van der Waals surface area contributed by atoms with Crippen LogP contribution in [0.1, 0.15) is 38.2 Å². The monoisotopic (exact) mass is 293 g/mol. The largest absolute Gasteiger partial charge is 0.467 e. The van der Waals surface area contributed by atoms with Crippen LogP contribution in [-0.2, 0) is 19.7 Å². The molecule has 0 heterocycles. The third-order valence-corrected chi connectivity index (χ3v) is 4.22. The molecule has 1 saturated carbocycles. The Bertz CT molecular complexity index is 540. The Morgan fingerprint density at radius 3 is 2.62 bits per heavy atom. The summed E-state index contributed by atoms with van der Waals surface area (Å²) in [5.41, 5.74) is -0.0465. The van der Waals surface area contributed by atoms with Crippen LogP contribution >= 0.6 is 0 Å². The quantitative estimate of drug-likeness (QED) is 0.848. The van der Waals surface area contributed by atoms with Crippen molar-refractivity contribution in [2.24, 2.45) is 0 Å². The van der Waals surface area contributed by atoms with Gasteiger partial charge in [0.25, 0.3) is 0 Å². The van der Waals surface area contributed by atoms with Crippen LogP contribution in [0.4, 0.5) is 4.39 Å². The summed E-state index contributed by atoms with van der Waals surface area (Å²) < 4.78 is 18.1. The maximum Gasteiger partial charge on any atom is 0.328 e. The van der Waals surface area contributed by atoms with E-state index in [-0.39, 0.29) is 11.7 Å². The highest BCUT2D eigenvalue weighted by molar-refractivity contribution is 5.92. The lowest BCUT2D eigenvalue weighted by molar-refractivity contribution is -0.146. The van der Waals surface area contributed by atoms with Crippen LogP contribution < -0.4 is 5.32 Å². The van der Waals surface area contributed by atoms with E-state index >= 15 is 0 Å². The van der Waals surface area contributed by atoms with Gasteiger partial charge in [0.2, 0.25) is 5.91 Å². The number of amides is 1. The first-order chi connectivity index (χ1) is 10.0. The van der Waals surface area contributed by atoms with Crippen LogP contribution in [0.15, 0.2) is 24.3 Å². The zero-order chi connectivity index (χ0) is 15.5. The van der Waals surface area contributed by atoms with Gasteiger partial charge in [0.1, 0.15) is 11.9 Å². The Kier molecular flexibility index (Phi) is 4.60.